The number of benzene rings is 3. The lowest BCUT2D eigenvalue weighted by Gasteiger charge is -2.21. The van der Waals surface area contributed by atoms with E-state index < -0.39 is 21.7 Å². The monoisotopic (exact) mass is 574 g/mol. The Morgan fingerprint density at radius 2 is 0.857 bits per heavy atom. The minimum Gasteiger partial charge on any atom is -0.321 e. The second kappa shape index (κ2) is 12.9. The Labute approximate surface area is 245 Å². The first-order valence-electron chi connectivity index (χ1n) is 14.0. The van der Waals surface area contributed by atoms with Crippen molar-refractivity contribution in [1.82, 2.24) is 0 Å². The van der Waals surface area contributed by atoms with E-state index in [-0.39, 0.29) is 46.2 Å². The fourth-order valence-electron chi connectivity index (χ4n) is 4.84. The number of anilines is 2. The molecule has 0 bridgehead atoms. The van der Waals surface area contributed by atoms with Crippen molar-refractivity contribution in [2.24, 2.45) is 0 Å². The Kier molecular flexibility index (Phi) is 9.83. The van der Waals surface area contributed by atoms with Crippen LogP contribution in [0.1, 0.15) is 122 Å². The Bertz CT molecular complexity index is 1370. The Morgan fingerprint density at radius 1 is 0.571 bits per heavy atom. The molecule has 0 fully saturated rings. The van der Waals surface area contributed by atoms with Gasteiger partial charge in [-0.05, 0) is 64.1 Å². The second-order valence-electron chi connectivity index (χ2n) is 11.6. The van der Waals surface area contributed by atoms with Crippen molar-refractivity contribution in [3.8, 4) is 0 Å². The fraction of sp³-hybridized carbons (Fsp3) is 0.375. The van der Waals surface area contributed by atoms with Crippen LogP contribution in [-0.2, 0) is 0 Å². The SMILES string of the molecule is CC(C)c1cc([N+](=O)[O-])cc(C(C)C)c1NC(=O)c1cccc(C(=O)Nc2c(C(C)C)cc([N+](=O)[O-])cc2C(C)C)c1. The van der Waals surface area contributed by atoms with E-state index in [0.29, 0.717) is 33.6 Å². The van der Waals surface area contributed by atoms with E-state index >= 15 is 0 Å². The van der Waals surface area contributed by atoms with E-state index in [1.807, 2.05) is 55.4 Å². The quantitative estimate of drug-likeness (QED) is 0.183. The second-order valence-corrected chi connectivity index (χ2v) is 11.6. The number of nitrogens with one attached hydrogen (secondary N) is 2. The molecule has 2 N–H and O–H groups in total. The van der Waals surface area contributed by atoms with Gasteiger partial charge >= 0.3 is 0 Å². The summed E-state index contributed by atoms with van der Waals surface area (Å²) in [5.74, 6) is -1.29. The zero-order valence-corrected chi connectivity index (χ0v) is 25.3. The van der Waals surface area contributed by atoms with Crippen LogP contribution in [0.25, 0.3) is 0 Å². The average molecular weight is 575 g/mol. The van der Waals surface area contributed by atoms with Gasteiger partial charge in [0.05, 0.1) is 9.85 Å². The molecule has 0 aromatic heterocycles. The molecule has 0 aliphatic carbocycles. The van der Waals surface area contributed by atoms with Crippen LogP contribution in [-0.4, -0.2) is 21.7 Å². The van der Waals surface area contributed by atoms with Crippen molar-refractivity contribution < 1.29 is 19.4 Å². The van der Waals surface area contributed by atoms with Gasteiger partial charge in [0.1, 0.15) is 0 Å². The zero-order chi connectivity index (χ0) is 31.5. The number of nitrogens with zero attached hydrogens (tertiary/aromatic N) is 2. The van der Waals surface area contributed by atoms with Crippen molar-refractivity contribution in [2.45, 2.75) is 79.1 Å². The van der Waals surface area contributed by atoms with Crippen LogP contribution in [0.15, 0.2) is 48.5 Å². The molecule has 3 aromatic rings. The molecule has 0 unspecified atom stereocenters. The van der Waals surface area contributed by atoms with Gasteiger partial charge in [-0.25, -0.2) is 0 Å². The van der Waals surface area contributed by atoms with Gasteiger partial charge in [0.2, 0.25) is 0 Å². The minimum absolute atomic E-state index is 0.0353. The van der Waals surface area contributed by atoms with E-state index in [2.05, 4.69) is 10.6 Å². The van der Waals surface area contributed by atoms with Gasteiger partial charge in [0.25, 0.3) is 23.2 Å². The number of carbonyl (C=O) groups is 2. The Morgan fingerprint density at radius 3 is 1.10 bits per heavy atom. The maximum Gasteiger partial charge on any atom is 0.270 e. The maximum absolute atomic E-state index is 13.5. The van der Waals surface area contributed by atoms with Crippen molar-refractivity contribution in [3.05, 3.63) is 102 Å². The topological polar surface area (TPSA) is 144 Å². The summed E-state index contributed by atoms with van der Waals surface area (Å²) >= 11 is 0. The van der Waals surface area contributed by atoms with Gasteiger partial charge in [0, 0.05) is 46.8 Å². The standard InChI is InChI=1S/C32H38N4O6/c1-17(2)25-13-23(35(39)40)14-26(18(3)4)29(25)33-31(37)21-10-9-11-22(12-21)32(38)34-30-27(19(5)6)15-24(36(41)42)16-28(30)20(7)8/h9-20H,1-8H3,(H,33,37)(H,34,38). The molecule has 0 heterocycles. The van der Waals surface area contributed by atoms with Crippen LogP contribution in [0.5, 0.6) is 0 Å². The fourth-order valence-corrected chi connectivity index (χ4v) is 4.84. The number of amides is 2. The van der Waals surface area contributed by atoms with Crippen LogP contribution < -0.4 is 10.6 Å². The molecule has 0 saturated heterocycles. The summed E-state index contributed by atoms with van der Waals surface area (Å²) in [5.41, 5.74) is 4.06. The van der Waals surface area contributed by atoms with E-state index in [4.69, 9.17) is 0 Å². The highest BCUT2D eigenvalue weighted by molar-refractivity contribution is 6.09. The van der Waals surface area contributed by atoms with E-state index in [1.54, 1.807) is 18.2 Å². The zero-order valence-electron chi connectivity index (χ0n) is 25.3. The summed E-state index contributed by atoms with van der Waals surface area (Å²) in [6, 6.07) is 12.2. The average Bonchev–Trinajstić information content (AvgIpc) is 2.92. The van der Waals surface area contributed by atoms with Crippen molar-refractivity contribution in [1.29, 1.82) is 0 Å². The van der Waals surface area contributed by atoms with Crippen LogP contribution >= 0.6 is 0 Å². The van der Waals surface area contributed by atoms with Crippen molar-refractivity contribution in [3.63, 3.8) is 0 Å². The first-order valence-corrected chi connectivity index (χ1v) is 14.0. The van der Waals surface area contributed by atoms with E-state index in [1.165, 1.54) is 30.3 Å². The number of hydrogen-bond acceptors (Lipinski definition) is 6. The van der Waals surface area contributed by atoms with Crippen LogP contribution in [0.3, 0.4) is 0 Å². The van der Waals surface area contributed by atoms with E-state index in [0.717, 1.165) is 0 Å². The van der Waals surface area contributed by atoms with Gasteiger partial charge in [-0.15, -0.1) is 0 Å². The Balaban J connectivity index is 2.00. The first-order chi connectivity index (χ1) is 19.6. The molecule has 0 aliphatic rings. The molecule has 10 heteroatoms. The van der Waals surface area contributed by atoms with Gasteiger partial charge in [-0.2, -0.15) is 0 Å². The molecule has 0 atom stereocenters. The summed E-state index contributed by atoms with van der Waals surface area (Å²) < 4.78 is 0. The minimum atomic E-state index is -0.455. The first kappa shape index (κ1) is 31.9. The number of carbonyl (C=O) groups excluding carboxylic acids is 2. The maximum atomic E-state index is 13.5. The molecule has 3 aromatic carbocycles. The molecule has 222 valence electrons. The molecule has 42 heavy (non-hydrogen) atoms. The number of nitro benzene ring substituents is 2. The van der Waals surface area contributed by atoms with E-state index in [9.17, 15) is 29.8 Å². The lowest BCUT2D eigenvalue weighted by molar-refractivity contribution is -0.385. The third-order valence-corrected chi connectivity index (χ3v) is 7.14. The van der Waals surface area contributed by atoms with Crippen molar-refractivity contribution in [2.75, 3.05) is 10.6 Å². The largest absolute Gasteiger partial charge is 0.321 e. The number of non-ortho nitro benzene ring substituents is 2. The third kappa shape index (κ3) is 6.99. The van der Waals surface area contributed by atoms with Gasteiger partial charge < -0.3 is 10.6 Å². The summed E-state index contributed by atoms with van der Waals surface area (Å²) in [4.78, 5) is 49.2. The Hall–Kier alpha value is -4.60. The highest BCUT2D eigenvalue weighted by Crippen LogP contribution is 2.38. The predicted molar refractivity (Wildman–Crippen MR) is 165 cm³/mol. The summed E-state index contributed by atoms with van der Waals surface area (Å²) in [6.07, 6.45) is 0. The molecule has 3 rings (SSSR count). The molecule has 0 saturated carbocycles. The van der Waals surface area contributed by atoms with Crippen molar-refractivity contribution >= 4 is 34.6 Å². The highest BCUT2D eigenvalue weighted by atomic mass is 16.6. The molecule has 10 nitrogen and oxygen atoms in total. The summed E-state index contributed by atoms with van der Waals surface area (Å²) in [7, 11) is 0. The molecule has 0 spiro atoms. The molecule has 2 amide bonds. The summed E-state index contributed by atoms with van der Waals surface area (Å²) in [5, 5.41) is 29.0. The highest BCUT2D eigenvalue weighted by Gasteiger charge is 2.24. The number of rotatable bonds is 10. The number of hydrogen-bond donors (Lipinski definition) is 2. The lowest BCUT2D eigenvalue weighted by Crippen LogP contribution is -2.19. The lowest BCUT2D eigenvalue weighted by atomic mass is 9.91. The van der Waals surface area contributed by atoms with Gasteiger partial charge in [-0.1, -0.05) is 61.5 Å². The molecule has 0 aliphatic heterocycles. The normalized spacial score (nSPS) is 11.3. The van der Waals surface area contributed by atoms with Crippen LogP contribution in [0, 0.1) is 20.2 Å². The summed E-state index contributed by atoms with van der Waals surface area (Å²) in [6.45, 7) is 15.2. The van der Waals surface area contributed by atoms with Crippen LogP contribution in [0.2, 0.25) is 0 Å². The smallest absolute Gasteiger partial charge is 0.270 e. The van der Waals surface area contributed by atoms with Gasteiger partial charge in [-0.3, -0.25) is 29.8 Å². The molecular formula is C32H38N4O6. The van der Waals surface area contributed by atoms with Gasteiger partial charge in [0.15, 0.2) is 0 Å². The third-order valence-electron chi connectivity index (χ3n) is 7.14. The molecule has 0 radical (unpaired) electrons. The molecular weight excluding hydrogens is 536 g/mol. The van der Waals surface area contributed by atoms with Crippen LogP contribution in [0.4, 0.5) is 22.7 Å². The predicted octanol–water partition coefficient (Wildman–Crippen LogP) is 8.50. The number of nitro groups is 2.